The van der Waals surface area contributed by atoms with E-state index in [0.29, 0.717) is 29.5 Å². The normalized spacial score (nSPS) is 23.7. The van der Waals surface area contributed by atoms with Crippen LogP contribution >= 0.6 is 0 Å². The molecule has 1 atom stereocenters. The van der Waals surface area contributed by atoms with Gasteiger partial charge in [-0.05, 0) is 62.8 Å². The van der Waals surface area contributed by atoms with Gasteiger partial charge in [-0.1, -0.05) is 19.3 Å². The van der Waals surface area contributed by atoms with Crippen LogP contribution < -0.4 is 5.32 Å². The van der Waals surface area contributed by atoms with E-state index < -0.39 is 9.84 Å². The fourth-order valence-electron chi connectivity index (χ4n) is 5.24. The van der Waals surface area contributed by atoms with Gasteiger partial charge in [0.25, 0.3) is 0 Å². The van der Waals surface area contributed by atoms with Crippen LogP contribution in [-0.4, -0.2) is 54.2 Å². The van der Waals surface area contributed by atoms with Gasteiger partial charge in [-0.25, -0.2) is 13.4 Å². The van der Waals surface area contributed by atoms with Crippen molar-refractivity contribution in [1.29, 1.82) is 0 Å². The quantitative estimate of drug-likeness (QED) is 0.625. The highest BCUT2D eigenvalue weighted by atomic mass is 32.2. The molecule has 1 aromatic rings. The van der Waals surface area contributed by atoms with Gasteiger partial charge in [0.1, 0.15) is 0 Å². The fraction of sp³-hybridized carbons (Fsp3) is 0.826. The zero-order valence-electron chi connectivity index (χ0n) is 18.9. The van der Waals surface area contributed by atoms with Crippen molar-refractivity contribution < 1.29 is 13.2 Å². The zero-order chi connectivity index (χ0) is 21.8. The predicted octanol–water partition coefficient (Wildman–Crippen LogP) is 3.00. The van der Waals surface area contributed by atoms with E-state index in [0.717, 1.165) is 57.6 Å². The minimum Gasteiger partial charge on any atom is -0.356 e. The first-order valence-corrected chi connectivity index (χ1v) is 13.8. The number of nitrogens with zero attached hydrogens (tertiary/aromatic N) is 3. The molecule has 174 valence electrons. The molecule has 0 spiro atoms. The number of amides is 1. The molecule has 1 aromatic heterocycles. The molecule has 0 radical (unpaired) electrons. The van der Waals surface area contributed by atoms with Crippen LogP contribution in [0.5, 0.6) is 0 Å². The standard InChI is InChI=1S/C23H38N4O3S/c1-18(28)24-12-21-8-5-11-26(14-21)16-22-13-25-23(31(29,30)17-20-9-10-20)27(22)15-19-6-3-2-4-7-19/h13,19-21H,2-12,14-17H2,1H3,(H,24,28). The lowest BCUT2D eigenvalue weighted by molar-refractivity contribution is -0.119. The third kappa shape index (κ3) is 6.31. The summed E-state index contributed by atoms with van der Waals surface area (Å²) in [4.78, 5) is 18.2. The molecule has 2 aliphatic carbocycles. The summed E-state index contributed by atoms with van der Waals surface area (Å²) in [7, 11) is -3.34. The largest absolute Gasteiger partial charge is 0.356 e. The van der Waals surface area contributed by atoms with E-state index in [1.807, 2.05) is 4.57 Å². The Morgan fingerprint density at radius 1 is 1.06 bits per heavy atom. The molecule has 4 rings (SSSR count). The third-order valence-electron chi connectivity index (χ3n) is 7.13. The van der Waals surface area contributed by atoms with Crippen molar-refractivity contribution in [2.45, 2.75) is 83.0 Å². The number of imidazole rings is 1. The van der Waals surface area contributed by atoms with Gasteiger partial charge in [-0.15, -0.1) is 0 Å². The van der Waals surface area contributed by atoms with E-state index in [2.05, 4.69) is 15.2 Å². The van der Waals surface area contributed by atoms with Crippen LogP contribution in [0.4, 0.5) is 0 Å². The number of sulfone groups is 1. The molecule has 1 amide bonds. The lowest BCUT2D eigenvalue weighted by Gasteiger charge is -2.33. The van der Waals surface area contributed by atoms with Crippen molar-refractivity contribution in [1.82, 2.24) is 19.8 Å². The monoisotopic (exact) mass is 450 g/mol. The Morgan fingerprint density at radius 2 is 1.81 bits per heavy atom. The van der Waals surface area contributed by atoms with E-state index in [1.165, 1.54) is 32.1 Å². The van der Waals surface area contributed by atoms with E-state index in [-0.39, 0.29) is 11.7 Å². The number of nitrogens with one attached hydrogen (secondary N) is 1. The number of rotatable bonds is 9. The summed E-state index contributed by atoms with van der Waals surface area (Å²) in [6.45, 7) is 5.73. The zero-order valence-corrected chi connectivity index (χ0v) is 19.7. The smallest absolute Gasteiger partial charge is 0.227 e. The Morgan fingerprint density at radius 3 is 2.52 bits per heavy atom. The van der Waals surface area contributed by atoms with E-state index in [4.69, 9.17) is 0 Å². The molecule has 7 nitrogen and oxygen atoms in total. The predicted molar refractivity (Wildman–Crippen MR) is 120 cm³/mol. The molecule has 0 bridgehead atoms. The Balaban J connectivity index is 1.49. The highest BCUT2D eigenvalue weighted by molar-refractivity contribution is 7.91. The minimum absolute atomic E-state index is 0.0215. The number of hydrogen-bond acceptors (Lipinski definition) is 5. The van der Waals surface area contributed by atoms with Crippen LogP contribution in [0.3, 0.4) is 0 Å². The van der Waals surface area contributed by atoms with Gasteiger partial charge in [0.15, 0.2) is 0 Å². The summed E-state index contributed by atoms with van der Waals surface area (Å²) >= 11 is 0. The van der Waals surface area contributed by atoms with Gasteiger partial charge in [-0.2, -0.15) is 0 Å². The second-order valence-electron chi connectivity index (χ2n) is 10.1. The Labute approximate surface area is 186 Å². The molecule has 3 aliphatic rings. The van der Waals surface area contributed by atoms with Crippen LogP contribution in [-0.2, 0) is 27.7 Å². The molecule has 2 heterocycles. The first-order chi connectivity index (χ1) is 14.9. The Bertz CT molecular complexity index is 856. The van der Waals surface area contributed by atoms with E-state index in [9.17, 15) is 13.2 Å². The maximum absolute atomic E-state index is 13.1. The van der Waals surface area contributed by atoms with Crippen LogP contribution in [0.15, 0.2) is 11.4 Å². The average molecular weight is 451 g/mol. The summed E-state index contributed by atoms with van der Waals surface area (Å²) in [6, 6.07) is 0. The first-order valence-electron chi connectivity index (χ1n) is 12.1. The molecular weight excluding hydrogens is 412 g/mol. The van der Waals surface area contributed by atoms with Crippen molar-refractivity contribution in [2.24, 2.45) is 17.8 Å². The molecule has 2 saturated carbocycles. The molecule has 0 aromatic carbocycles. The maximum Gasteiger partial charge on any atom is 0.227 e. The fourth-order valence-corrected chi connectivity index (χ4v) is 7.08. The second kappa shape index (κ2) is 10.0. The van der Waals surface area contributed by atoms with Gasteiger partial charge in [-0.3, -0.25) is 9.69 Å². The summed E-state index contributed by atoms with van der Waals surface area (Å²) < 4.78 is 28.3. The van der Waals surface area contributed by atoms with E-state index in [1.54, 1.807) is 13.1 Å². The lowest BCUT2D eigenvalue weighted by atomic mass is 9.89. The minimum atomic E-state index is -3.34. The van der Waals surface area contributed by atoms with Crippen LogP contribution in [0.25, 0.3) is 0 Å². The van der Waals surface area contributed by atoms with Crippen LogP contribution in [0.2, 0.25) is 0 Å². The van der Waals surface area contributed by atoms with Gasteiger partial charge in [0.2, 0.25) is 20.9 Å². The van der Waals surface area contributed by atoms with Crippen molar-refractivity contribution in [3.05, 3.63) is 11.9 Å². The van der Waals surface area contributed by atoms with Crippen molar-refractivity contribution in [3.63, 3.8) is 0 Å². The van der Waals surface area contributed by atoms with Crippen molar-refractivity contribution in [2.75, 3.05) is 25.4 Å². The Kier molecular flexibility index (Phi) is 7.37. The topological polar surface area (TPSA) is 84.3 Å². The van der Waals surface area contributed by atoms with Crippen molar-refractivity contribution in [3.8, 4) is 0 Å². The molecule has 1 unspecified atom stereocenters. The van der Waals surface area contributed by atoms with Gasteiger partial charge < -0.3 is 9.88 Å². The Hall–Kier alpha value is -1.41. The summed E-state index contributed by atoms with van der Waals surface area (Å²) in [5.41, 5.74) is 1.03. The SMILES string of the molecule is CC(=O)NCC1CCCN(Cc2cnc(S(=O)(=O)CC3CC3)n2CC2CCCCC2)C1. The van der Waals surface area contributed by atoms with Crippen LogP contribution in [0, 0.1) is 17.8 Å². The molecule has 1 saturated heterocycles. The van der Waals surface area contributed by atoms with Crippen molar-refractivity contribution >= 4 is 15.7 Å². The van der Waals surface area contributed by atoms with Gasteiger partial charge in [0, 0.05) is 33.1 Å². The second-order valence-corrected chi connectivity index (χ2v) is 12.0. The number of likely N-dealkylation sites (tertiary alicyclic amines) is 1. The maximum atomic E-state index is 13.1. The van der Waals surface area contributed by atoms with Crippen LogP contribution in [0.1, 0.15) is 70.4 Å². The highest BCUT2D eigenvalue weighted by Gasteiger charge is 2.33. The molecule has 3 fully saturated rings. The molecule has 1 N–H and O–H groups in total. The molecular formula is C23H38N4O3S. The number of aromatic nitrogens is 2. The third-order valence-corrected chi connectivity index (χ3v) is 8.92. The van der Waals surface area contributed by atoms with E-state index >= 15 is 0 Å². The number of hydrogen-bond donors (Lipinski definition) is 1. The number of piperidine rings is 1. The van der Waals surface area contributed by atoms with Gasteiger partial charge >= 0.3 is 0 Å². The lowest BCUT2D eigenvalue weighted by Crippen LogP contribution is -2.40. The highest BCUT2D eigenvalue weighted by Crippen LogP contribution is 2.33. The van der Waals surface area contributed by atoms with Gasteiger partial charge in [0.05, 0.1) is 17.6 Å². The first kappa shape index (κ1) is 22.8. The molecule has 8 heteroatoms. The summed E-state index contributed by atoms with van der Waals surface area (Å²) in [5.74, 6) is 1.59. The summed E-state index contributed by atoms with van der Waals surface area (Å²) in [6.07, 6.45) is 12.2. The number of carbonyl (C=O) groups is 1. The molecule has 31 heavy (non-hydrogen) atoms. The molecule has 1 aliphatic heterocycles. The average Bonchev–Trinajstić information content (AvgIpc) is 3.46. The summed E-state index contributed by atoms with van der Waals surface area (Å²) in [5, 5.41) is 3.25. The number of carbonyl (C=O) groups excluding carboxylic acids is 1.